The van der Waals surface area contributed by atoms with Crippen LogP contribution in [0.4, 0.5) is 18.0 Å². The maximum Gasteiger partial charge on any atom is 0.416 e. The van der Waals surface area contributed by atoms with Crippen molar-refractivity contribution in [3.63, 3.8) is 0 Å². The van der Waals surface area contributed by atoms with Crippen molar-refractivity contribution < 1.29 is 23.1 Å². The first-order valence-corrected chi connectivity index (χ1v) is 6.34. The van der Waals surface area contributed by atoms with Gasteiger partial charge in [-0.1, -0.05) is 19.1 Å². The monoisotopic (exact) mass is 287 g/mol. The van der Waals surface area contributed by atoms with Crippen LogP contribution in [0.1, 0.15) is 30.9 Å². The highest BCUT2D eigenvalue weighted by atomic mass is 19.4. The summed E-state index contributed by atoms with van der Waals surface area (Å²) in [5, 5.41) is 9.16. The van der Waals surface area contributed by atoms with Gasteiger partial charge in [0.1, 0.15) is 0 Å². The van der Waals surface area contributed by atoms with E-state index >= 15 is 0 Å². The van der Waals surface area contributed by atoms with Crippen LogP contribution in [0.25, 0.3) is 0 Å². The number of hydrogen-bond donors (Lipinski definition) is 1. The summed E-state index contributed by atoms with van der Waals surface area (Å²) in [6.07, 6.45) is -3.43. The number of alkyl halides is 3. The molecule has 1 saturated carbocycles. The fourth-order valence-electron chi connectivity index (χ4n) is 2.04. The molecule has 2 rings (SSSR count). The number of hydrogen-bond acceptors (Lipinski definition) is 1. The number of carbonyl (C=O) groups is 1. The number of nitrogens with zero attached hydrogens (tertiary/aromatic N) is 1. The van der Waals surface area contributed by atoms with Gasteiger partial charge in [-0.3, -0.25) is 0 Å². The Hall–Kier alpha value is -1.72. The minimum absolute atomic E-state index is 0.0320. The summed E-state index contributed by atoms with van der Waals surface area (Å²) in [6, 6.07) is 4.62. The standard InChI is InChI=1S/C14H16F3NO2/c1-13(6-7-13)9-18(12(19)20)8-10-2-4-11(5-3-10)14(15,16)17/h2-5H,6-9H2,1H3,(H,19,20). The third-order valence-electron chi connectivity index (χ3n) is 3.60. The number of carboxylic acid groups (broad SMARTS) is 1. The molecule has 1 N–H and O–H groups in total. The number of amides is 1. The minimum Gasteiger partial charge on any atom is -0.465 e. The van der Waals surface area contributed by atoms with E-state index in [2.05, 4.69) is 0 Å². The zero-order valence-electron chi connectivity index (χ0n) is 11.1. The molecular weight excluding hydrogens is 271 g/mol. The van der Waals surface area contributed by atoms with Gasteiger partial charge in [-0.25, -0.2) is 4.79 Å². The Labute approximate surface area is 115 Å². The first-order chi connectivity index (χ1) is 9.20. The molecule has 0 unspecified atom stereocenters. The van der Waals surface area contributed by atoms with Gasteiger partial charge in [-0.2, -0.15) is 13.2 Å². The van der Waals surface area contributed by atoms with Gasteiger partial charge >= 0.3 is 12.3 Å². The molecule has 1 aromatic rings. The molecule has 0 radical (unpaired) electrons. The lowest BCUT2D eigenvalue weighted by Gasteiger charge is -2.23. The molecule has 1 aliphatic rings. The van der Waals surface area contributed by atoms with Crippen molar-refractivity contribution >= 4 is 6.09 Å². The van der Waals surface area contributed by atoms with Crippen LogP contribution < -0.4 is 0 Å². The second kappa shape index (κ2) is 5.00. The molecule has 0 heterocycles. The van der Waals surface area contributed by atoms with Crippen LogP contribution in [0, 0.1) is 5.41 Å². The first kappa shape index (κ1) is 14.7. The van der Waals surface area contributed by atoms with Gasteiger partial charge in [-0.05, 0) is 36.0 Å². The summed E-state index contributed by atoms with van der Waals surface area (Å²) in [5.41, 5.74) is -0.133. The zero-order valence-corrected chi connectivity index (χ0v) is 11.1. The predicted octanol–water partition coefficient (Wildman–Crippen LogP) is 3.99. The largest absolute Gasteiger partial charge is 0.465 e. The Bertz CT molecular complexity index is 492. The molecule has 20 heavy (non-hydrogen) atoms. The average molecular weight is 287 g/mol. The highest BCUT2D eigenvalue weighted by molar-refractivity contribution is 5.65. The lowest BCUT2D eigenvalue weighted by molar-refractivity contribution is -0.137. The van der Waals surface area contributed by atoms with Crippen molar-refractivity contribution in [3.8, 4) is 0 Å². The van der Waals surface area contributed by atoms with Gasteiger partial charge in [0, 0.05) is 13.1 Å². The molecule has 0 aromatic heterocycles. The quantitative estimate of drug-likeness (QED) is 0.909. The molecule has 3 nitrogen and oxygen atoms in total. The van der Waals surface area contributed by atoms with Crippen LogP contribution in [0.2, 0.25) is 0 Å². The summed E-state index contributed by atoms with van der Waals surface area (Å²) in [6.45, 7) is 2.54. The van der Waals surface area contributed by atoms with Crippen molar-refractivity contribution in [2.24, 2.45) is 5.41 Å². The van der Waals surface area contributed by atoms with Crippen molar-refractivity contribution in [1.29, 1.82) is 0 Å². The zero-order chi connectivity index (χ0) is 15.0. The number of halogens is 3. The van der Waals surface area contributed by atoms with E-state index in [0.29, 0.717) is 12.1 Å². The second-order valence-corrected chi connectivity index (χ2v) is 5.64. The van der Waals surface area contributed by atoms with Crippen LogP contribution in [0.5, 0.6) is 0 Å². The van der Waals surface area contributed by atoms with Crippen molar-refractivity contribution in [3.05, 3.63) is 35.4 Å². The van der Waals surface area contributed by atoms with Gasteiger partial charge in [0.25, 0.3) is 0 Å². The van der Waals surface area contributed by atoms with Gasteiger partial charge in [0.15, 0.2) is 0 Å². The summed E-state index contributed by atoms with van der Waals surface area (Å²) >= 11 is 0. The predicted molar refractivity (Wildman–Crippen MR) is 67.2 cm³/mol. The van der Waals surface area contributed by atoms with Gasteiger partial charge in [0.05, 0.1) is 5.56 Å². The minimum atomic E-state index is -4.37. The Kier molecular flexibility index (Phi) is 3.67. The summed E-state index contributed by atoms with van der Waals surface area (Å²) in [7, 11) is 0. The normalized spacial score (nSPS) is 16.8. The van der Waals surface area contributed by atoms with E-state index in [9.17, 15) is 18.0 Å². The Morgan fingerprint density at radius 2 is 1.85 bits per heavy atom. The van der Waals surface area contributed by atoms with Crippen LogP contribution in [0.3, 0.4) is 0 Å². The topological polar surface area (TPSA) is 40.5 Å². The molecule has 1 aromatic carbocycles. The van der Waals surface area contributed by atoms with Crippen LogP contribution in [-0.4, -0.2) is 22.6 Å². The van der Waals surface area contributed by atoms with Crippen molar-refractivity contribution in [1.82, 2.24) is 4.90 Å². The highest BCUT2D eigenvalue weighted by Gasteiger charge is 2.40. The molecule has 6 heteroatoms. The maximum atomic E-state index is 12.4. The van der Waals surface area contributed by atoms with Crippen LogP contribution in [0.15, 0.2) is 24.3 Å². The van der Waals surface area contributed by atoms with E-state index in [1.807, 2.05) is 6.92 Å². The summed E-state index contributed by atoms with van der Waals surface area (Å²) < 4.78 is 37.3. The van der Waals surface area contributed by atoms with Crippen molar-refractivity contribution in [2.45, 2.75) is 32.5 Å². The van der Waals surface area contributed by atoms with Gasteiger partial charge < -0.3 is 10.0 Å². The molecule has 0 aliphatic heterocycles. The number of rotatable bonds is 4. The second-order valence-electron chi connectivity index (χ2n) is 5.64. The summed E-state index contributed by atoms with van der Waals surface area (Å²) in [5.74, 6) is 0. The molecule has 1 fully saturated rings. The molecular formula is C14H16F3NO2. The Balaban J connectivity index is 2.05. The Morgan fingerprint density at radius 3 is 2.25 bits per heavy atom. The molecule has 110 valence electrons. The van der Waals surface area contributed by atoms with E-state index in [0.717, 1.165) is 25.0 Å². The van der Waals surface area contributed by atoms with E-state index in [1.165, 1.54) is 17.0 Å². The lowest BCUT2D eigenvalue weighted by atomic mass is 10.1. The van der Waals surface area contributed by atoms with Gasteiger partial charge in [0.2, 0.25) is 0 Å². The highest BCUT2D eigenvalue weighted by Crippen LogP contribution is 2.45. The average Bonchev–Trinajstić information content (AvgIpc) is 3.06. The van der Waals surface area contributed by atoms with Crippen molar-refractivity contribution in [2.75, 3.05) is 6.54 Å². The third kappa shape index (κ3) is 3.65. The number of benzene rings is 1. The molecule has 1 aliphatic carbocycles. The lowest BCUT2D eigenvalue weighted by Crippen LogP contribution is -2.33. The first-order valence-electron chi connectivity index (χ1n) is 6.34. The molecule has 0 saturated heterocycles. The van der Waals surface area contributed by atoms with Crippen LogP contribution in [-0.2, 0) is 12.7 Å². The molecule has 0 bridgehead atoms. The fraction of sp³-hybridized carbons (Fsp3) is 0.500. The summed E-state index contributed by atoms with van der Waals surface area (Å²) in [4.78, 5) is 12.4. The Morgan fingerprint density at radius 1 is 1.30 bits per heavy atom. The van der Waals surface area contributed by atoms with Crippen LogP contribution >= 0.6 is 0 Å². The SMILES string of the molecule is CC1(CN(Cc2ccc(C(F)(F)F)cc2)C(=O)O)CC1. The van der Waals surface area contributed by atoms with E-state index in [-0.39, 0.29) is 12.0 Å². The van der Waals surface area contributed by atoms with E-state index in [1.54, 1.807) is 0 Å². The molecule has 0 atom stereocenters. The fourth-order valence-corrected chi connectivity index (χ4v) is 2.04. The van der Waals surface area contributed by atoms with E-state index < -0.39 is 17.8 Å². The third-order valence-corrected chi connectivity index (χ3v) is 3.60. The van der Waals surface area contributed by atoms with E-state index in [4.69, 9.17) is 5.11 Å². The van der Waals surface area contributed by atoms with Gasteiger partial charge in [-0.15, -0.1) is 0 Å². The molecule has 1 amide bonds. The maximum absolute atomic E-state index is 12.4. The smallest absolute Gasteiger partial charge is 0.416 e. The molecule has 0 spiro atoms.